The van der Waals surface area contributed by atoms with Crippen LogP contribution in [0.5, 0.6) is 5.75 Å². The third kappa shape index (κ3) is 4.55. The zero-order valence-electron chi connectivity index (χ0n) is 18.6. The predicted molar refractivity (Wildman–Crippen MR) is 119 cm³/mol. The second-order valence-corrected chi connectivity index (χ2v) is 8.75. The Hall–Kier alpha value is -3.35. The highest BCUT2D eigenvalue weighted by Crippen LogP contribution is 2.31. The van der Waals surface area contributed by atoms with Gasteiger partial charge in [-0.3, -0.25) is 14.5 Å². The van der Waals surface area contributed by atoms with Gasteiger partial charge in [0.2, 0.25) is 5.91 Å². The van der Waals surface area contributed by atoms with Crippen LogP contribution in [0.3, 0.4) is 0 Å². The van der Waals surface area contributed by atoms with Crippen molar-refractivity contribution in [3.8, 4) is 5.75 Å². The molecule has 0 aromatic heterocycles. The molecule has 1 aliphatic heterocycles. The SMILES string of the molecule is CCOc1ccccc1NC(=O)CN1C(=O)N[C@@](C)(c2ccc(C(C)(C)C)cc2)C1=O. The summed E-state index contributed by atoms with van der Waals surface area (Å²) in [7, 11) is 0. The fraction of sp³-hybridized carbons (Fsp3) is 0.375. The third-order valence-electron chi connectivity index (χ3n) is 5.37. The number of ether oxygens (including phenoxy) is 1. The Morgan fingerprint density at radius 1 is 1.10 bits per heavy atom. The molecule has 4 amide bonds. The number of amides is 4. The highest BCUT2D eigenvalue weighted by molar-refractivity contribution is 6.10. The van der Waals surface area contributed by atoms with E-state index in [1.165, 1.54) is 0 Å². The average Bonchev–Trinajstić information content (AvgIpc) is 2.93. The molecule has 1 heterocycles. The molecule has 1 fully saturated rings. The molecule has 0 saturated carbocycles. The van der Waals surface area contributed by atoms with Crippen LogP contribution in [0, 0.1) is 0 Å². The van der Waals surface area contributed by atoms with Crippen LogP contribution < -0.4 is 15.4 Å². The zero-order chi connectivity index (χ0) is 22.8. The molecule has 2 N–H and O–H groups in total. The summed E-state index contributed by atoms with van der Waals surface area (Å²) in [5, 5.41) is 5.45. The zero-order valence-corrected chi connectivity index (χ0v) is 18.6. The van der Waals surface area contributed by atoms with Crippen LogP contribution in [0.4, 0.5) is 10.5 Å². The van der Waals surface area contributed by atoms with Crippen molar-refractivity contribution in [1.82, 2.24) is 10.2 Å². The van der Waals surface area contributed by atoms with Gasteiger partial charge in [-0.05, 0) is 42.5 Å². The number of imide groups is 1. The monoisotopic (exact) mass is 423 g/mol. The highest BCUT2D eigenvalue weighted by atomic mass is 16.5. The molecule has 1 atom stereocenters. The van der Waals surface area contributed by atoms with E-state index in [1.807, 2.05) is 31.2 Å². The lowest BCUT2D eigenvalue weighted by Gasteiger charge is -2.24. The maximum atomic E-state index is 13.1. The van der Waals surface area contributed by atoms with Gasteiger partial charge in [0, 0.05) is 0 Å². The van der Waals surface area contributed by atoms with Gasteiger partial charge in [0.25, 0.3) is 5.91 Å². The number of para-hydroxylation sites is 2. The van der Waals surface area contributed by atoms with Crippen LogP contribution in [-0.4, -0.2) is 35.9 Å². The number of hydrogen-bond acceptors (Lipinski definition) is 4. The molecule has 1 aliphatic rings. The lowest BCUT2D eigenvalue weighted by Crippen LogP contribution is -2.42. The van der Waals surface area contributed by atoms with Crippen LogP contribution in [0.25, 0.3) is 0 Å². The lowest BCUT2D eigenvalue weighted by atomic mass is 9.84. The summed E-state index contributed by atoms with van der Waals surface area (Å²) in [4.78, 5) is 39.2. The molecule has 2 aromatic carbocycles. The van der Waals surface area contributed by atoms with Crippen molar-refractivity contribution in [2.45, 2.75) is 45.6 Å². The maximum absolute atomic E-state index is 13.1. The minimum absolute atomic E-state index is 0.0235. The molecule has 3 rings (SSSR count). The van der Waals surface area contributed by atoms with E-state index in [2.05, 4.69) is 31.4 Å². The molecule has 0 radical (unpaired) electrons. The first-order valence-corrected chi connectivity index (χ1v) is 10.3. The summed E-state index contributed by atoms with van der Waals surface area (Å²) in [6, 6.07) is 14.0. The number of urea groups is 1. The van der Waals surface area contributed by atoms with E-state index >= 15 is 0 Å². The van der Waals surface area contributed by atoms with Gasteiger partial charge in [-0.1, -0.05) is 57.2 Å². The normalized spacial score (nSPS) is 18.7. The predicted octanol–water partition coefficient (Wildman–Crippen LogP) is 3.79. The molecule has 0 unspecified atom stereocenters. The van der Waals surface area contributed by atoms with E-state index in [-0.39, 0.29) is 12.0 Å². The summed E-state index contributed by atoms with van der Waals surface area (Å²) in [5.41, 5.74) is 1.03. The summed E-state index contributed by atoms with van der Waals surface area (Å²) < 4.78 is 5.50. The van der Waals surface area contributed by atoms with Crippen molar-refractivity contribution in [1.29, 1.82) is 0 Å². The summed E-state index contributed by atoms with van der Waals surface area (Å²) in [6.07, 6.45) is 0. The van der Waals surface area contributed by atoms with E-state index in [9.17, 15) is 14.4 Å². The van der Waals surface area contributed by atoms with Crippen molar-refractivity contribution < 1.29 is 19.1 Å². The van der Waals surface area contributed by atoms with Crippen molar-refractivity contribution in [2.75, 3.05) is 18.5 Å². The molecule has 0 spiro atoms. The van der Waals surface area contributed by atoms with E-state index in [0.29, 0.717) is 23.6 Å². The number of nitrogens with zero attached hydrogens (tertiary/aromatic N) is 1. The fourth-order valence-corrected chi connectivity index (χ4v) is 3.52. The second-order valence-electron chi connectivity index (χ2n) is 8.75. The largest absolute Gasteiger partial charge is 0.492 e. The standard InChI is InChI=1S/C24H29N3O4/c1-6-31-19-10-8-7-9-18(19)25-20(28)15-27-21(29)24(5,26-22(27)30)17-13-11-16(12-14-17)23(2,3)4/h7-14H,6,15H2,1-5H3,(H,25,28)(H,26,30)/t24-/m0/s1. The quantitative estimate of drug-likeness (QED) is 0.692. The second kappa shape index (κ2) is 8.41. The number of nitrogens with one attached hydrogen (secondary N) is 2. The van der Waals surface area contributed by atoms with Crippen LogP contribution in [0.1, 0.15) is 45.7 Å². The van der Waals surface area contributed by atoms with Crippen molar-refractivity contribution in [3.63, 3.8) is 0 Å². The van der Waals surface area contributed by atoms with E-state index in [0.717, 1.165) is 10.5 Å². The molecule has 0 bridgehead atoms. The molecule has 0 aliphatic carbocycles. The van der Waals surface area contributed by atoms with E-state index < -0.39 is 23.4 Å². The minimum Gasteiger partial charge on any atom is -0.492 e. The summed E-state index contributed by atoms with van der Waals surface area (Å²) >= 11 is 0. The minimum atomic E-state index is -1.23. The molecule has 7 nitrogen and oxygen atoms in total. The van der Waals surface area contributed by atoms with E-state index in [4.69, 9.17) is 4.74 Å². The molecule has 31 heavy (non-hydrogen) atoms. The number of carbonyl (C=O) groups excluding carboxylic acids is 3. The van der Waals surface area contributed by atoms with Gasteiger partial charge in [0.15, 0.2) is 0 Å². The molecule has 164 valence electrons. The highest BCUT2D eigenvalue weighted by Gasteiger charge is 2.49. The Balaban J connectivity index is 1.75. The first-order valence-electron chi connectivity index (χ1n) is 10.3. The molecular formula is C24H29N3O4. The van der Waals surface area contributed by atoms with Crippen LogP contribution in [0.2, 0.25) is 0 Å². The topological polar surface area (TPSA) is 87.7 Å². The van der Waals surface area contributed by atoms with Crippen LogP contribution in [0.15, 0.2) is 48.5 Å². The smallest absolute Gasteiger partial charge is 0.325 e. The van der Waals surface area contributed by atoms with Crippen molar-refractivity contribution in [3.05, 3.63) is 59.7 Å². The van der Waals surface area contributed by atoms with Crippen LogP contribution in [-0.2, 0) is 20.5 Å². The lowest BCUT2D eigenvalue weighted by molar-refractivity contribution is -0.133. The Kier molecular flexibility index (Phi) is 6.06. The molecule has 2 aromatic rings. The number of carbonyl (C=O) groups is 3. The fourth-order valence-electron chi connectivity index (χ4n) is 3.52. The van der Waals surface area contributed by atoms with Gasteiger partial charge in [0.05, 0.1) is 12.3 Å². The van der Waals surface area contributed by atoms with Gasteiger partial charge in [-0.2, -0.15) is 0 Å². The number of hydrogen-bond donors (Lipinski definition) is 2. The molecule has 7 heteroatoms. The van der Waals surface area contributed by atoms with E-state index in [1.54, 1.807) is 31.2 Å². The Morgan fingerprint density at radius 2 is 1.74 bits per heavy atom. The average molecular weight is 424 g/mol. The summed E-state index contributed by atoms with van der Waals surface area (Å²) in [6.45, 7) is 9.89. The van der Waals surface area contributed by atoms with Crippen LogP contribution >= 0.6 is 0 Å². The van der Waals surface area contributed by atoms with Crippen molar-refractivity contribution in [2.24, 2.45) is 0 Å². The maximum Gasteiger partial charge on any atom is 0.325 e. The van der Waals surface area contributed by atoms with Gasteiger partial charge in [-0.25, -0.2) is 4.79 Å². The molecule has 1 saturated heterocycles. The van der Waals surface area contributed by atoms with Gasteiger partial charge in [-0.15, -0.1) is 0 Å². The number of rotatable bonds is 6. The first kappa shape index (κ1) is 22.3. The first-order chi connectivity index (χ1) is 14.6. The number of benzene rings is 2. The number of anilines is 1. The summed E-state index contributed by atoms with van der Waals surface area (Å²) in [5.74, 6) is -0.420. The third-order valence-corrected chi connectivity index (χ3v) is 5.37. The Morgan fingerprint density at radius 3 is 2.35 bits per heavy atom. The Bertz CT molecular complexity index is 995. The molecular weight excluding hydrogens is 394 g/mol. The van der Waals surface area contributed by atoms with Crippen molar-refractivity contribution >= 4 is 23.5 Å². The van der Waals surface area contributed by atoms with Gasteiger partial charge >= 0.3 is 6.03 Å². The van der Waals surface area contributed by atoms with Gasteiger partial charge in [0.1, 0.15) is 17.8 Å². The van der Waals surface area contributed by atoms with Gasteiger partial charge < -0.3 is 15.4 Å². The Labute approximate surface area is 182 Å².